The topological polar surface area (TPSA) is 90.4 Å². The fourth-order valence-electron chi connectivity index (χ4n) is 1.18. The van der Waals surface area contributed by atoms with Crippen molar-refractivity contribution in [2.75, 3.05) is 7.11 Å². The normalized spacial score (nSPS) is 12.0. The van der Waals surface area contributed by atoms with Gasteiger partial charge in [0.2, 0.25) is 0 Å². The predicted octanol–water partition coefficient (Wildman–Crippen LogP) is -0.176. The number of carbonyl (C=O) groups is 1. The molecule has 1 aromatic rings. The summed E-state index contributed by atoms with van der Waals surface area (Å²) >= 11 is 0. The zero-order chi connectivity index (χ0) is 11.4. The third-order valence-electron chi connectivity index (χ3n) is 1.95. The van der Waals surface area contributed by atoms with Crippen LogP contribution in [0.3, 0.4) is 0 Å². The summed E-state index contributed by atoms with van der Waals surface area (Å²) in [6.45, 7) is 0. The van der Waals surface area contributed by atoms with E-state index >= 15 is 0 Å². The summed E-state index contributed by atoms with van der Waals surface area (Å²) in [6, 6.07) is 2.70. The van der Waals surface area contributed by atoms with Crippen LogP contribution in [0, 0.1) is 5.82 Å². The highest BCUT2D eigenvalue weighted by atomic mass is 19.1. The average Bonchev–Trinajstić information content (AvgIpc) is 2.27. The second-order valence-electron chi connectivity index (χ2n) is 2.87. The van der Waals surface area contributed by atoms with Crippen LogP contribution in [0.5, 0.6) is 5.75 Å². The number of rotatable bonds is 3. The van der Waals surface area contributed by atoms with Crippen molar-refractivity contribution in [1.82, 2.24) is 5.43 Å². The van der Waals surface area contributed by atoms with E-state index in [4.69, 9.17) is 16.3 Å². The lowest BCUT2D eigenvalue weighted by Crippen LogP contribution is -2.38. The summed E-state index contributed by atoms with van der Waals surface area (Å²) < 4.78 is 17.9. The first-order valence-corrected chi connectivity index (χ1v) is 4.19. The van der Waals surface area contributed by atoms with Crippen molar-refractivity contribution in [3.8, 4) is 5.75 Å². The van der Waals surface area contributed by atoms with Crippen molar-refractivity contribution < 1.29 is 13.9 Å². The van der Waals surface area contributed by atoms with Gasteiger partial charge in [-0.3, -0.25) is 10.2 Å². The van der Waals surface area contributed by atoms with E-state index in [1.165, 1.54) is 19.2 Å². The fourth-order valence-corrected chi connectivity index (χ4v) is 1.18. The monoisotopic (exact) mass is 213 g/mol. The zero-order valence-corrected chi connectivity index (χ0v) is 8.16. The van der Waals surface area contributed by atoms with Crippen LogP contribution < -0.4 is 21.7 Å². The second kappa shape index (κ2) is 4.72. The molecule has 1 unspecified atom stereocenters. The van der Waals surface area contributed by atoms with Gasteiger partial charge in [0, 0.05) is 5.56 Å². The maximum Gasteiger partial charge on any atom is 0.255 e. The van der Waals surface area contributed by atoms with Gasteiger partial charge >= 0.3 is 0 Å². The number of methoxy groups -OCH3 is 1. The molecule has 0 radical (unpaired) electrons. The lowest BCUT2D eigenvalue weighted by molar-refractivity contribution is -0.122. The van der Waals surface area contributed by atoms with Gasteiger partial charge in [-0.05, 0) is 18.2 Å². The van der Waals surface area contributed by atoms with E-state index in [1.54, 1.807) is 0 Å². The molecule has 1 atom stereocenters. The molecule has 0 fully saturated rings. The molecule has 0 bridgehead atoms. The molecule has 0 aliphatic heterocycles. The van der Waals surface area contributed by atoms with Crippen molar-refractivity contribution in [2.24, 2.45) is 11.6 Å². The molecule has 1 rings (SSSR count). The van der Waals surface area contributed by atoms with E-state index in [0.29, 0.717) is 5.75 Å². The lowest BCUT2D eigenvalue weighted by atomic mass is 10.1. The van der Waals surface area contributed by atoms with Crippen molar-refractivity contribution in [3.05, 3.63) is 29.6 Å². The van der Waals surface area contributed by atoms with Gasteiger partial charge in [0.25, 0.3) is 5.91 Å². The van der Waals surface area contributed by atoms with Crippen LogP contribution in [0.4, 0.5) is 4.39 Å². The number of halogens is 1. The van der Waals surface area contributed by atoms with E-state index in [0.717, 1.165) is 6.07 Å². The van der Waals surface area contributed by atoms with E-state index in [1.807, 2.05) is 5.43 Å². The largest absolute Gasteiger partial charge is 0.496 e. The Kier molecular flexibility index (Phi) is 3.59. The van der Waals surface area contributed by atoms with E-state index < -0.39 is 17.8 Å². The van der Waals surface area contributed by atoms with Crippen molar-refractivity contribution in [2.45, 2.75) is 6.04 Å². The Morgan fingerprint density at radius 2 is 2.27 bits per heavy atom. The molecule has 1 amide bonds. The van der Waals surface area contributed by atoms with Crippen molar-refractivity contribution in [3.63, 3.8) is 0 Å². The standard InChI is InChI=1S/C9H12FN3O2/c1-15-7-3-2-5(10)4-6(7)8(11)9(14)13-12/h2-4,8H,11-12H2,1H3,(H,13,14). The molecule has 5 N–H and O–H groups in total. The Balaban J connectivity index is 3.10. The van der Waals surface area contributed by atoms with Crippen LogP contribution in [-0.2, 0) is 4.79 Å². The SMILES string of the molecule is COc1ccc(F)cc1C(N)C(=O)NN. The third-order valence-corrected chi connectivity index (χ3v) is 1.95. The van der Waals surface area contributed by atoms with E-state index in [2.05, 4.69) is 0 Å². The molecular formula is C9H12FN3O2. The van der Waals surface area contributed by atoms with Gasteiger partial charge in [0.15, 0.2) is 0 Å². The van der Waals surface area contributed by atoms with Crippen LogP contribution in [0.2, 0.25) is 0 Å². The molecule has 15 heavy (non-hydrogen) atoms. The van der Waals surface area contributed by atoms with Crippen LogP contribution in [-0.4, -0.2) is 13.0 Å². The molecular weight excluding hydrogens is 201 g/mol. The fraction of sp³-hybridized carbons (Fsp3) is 0.222. The highest BCUT2D eigenvalue weighted by molar-refractivity contribution is 5.83. The van der Waals surface area contributed by atoms with Crippen LogP contribution in [0.15, 0.2) is 18.2 Å². The number of nitrogens with two attached hydrogens (primary N) is 2. The van der Waals surface area contributed by atoms with E-state index in [-0.39, 0.29) is 5.56 Å². The maximum atomic E-state index is 12.9. The minimum absolute atomic E-state index is 0.250. The highest BCUT2D eigenvalue weighted by Gasteiger charge is 2.19. The molecule has 0 aromatic heterocycles. The number of carbonyl (C=O) groups excluding carboxylic acids is 1. The Morgan fingerprint density at radius 1 is 1.60 bits per heavy atom. The summed E-state index contributed by atoms with van der Waals surface area (Å²) in [5.41, 5.74) is 7.70. The van der Waals surface area contributed by atoms with Gasteiger partial charge < -0.3 is 10.5 Å². The number of nitrogens with one attached hydrogen (secondary N) is 1. The Labute approximate surface area is 86.2 Å². The summed E-state index contributed by atoms with van der Waals surface area (Å²) in [4.78, 5) is 11.2. The minimum Gasteiger partial charge on any atom is -0.496 e. The smallest absolute Gasteiger partial charge is 0.255 e. The lowest BCUT2D eigenvalue weighted by Gasteiger charge is -2.13. The molecule has 0 saturated heterocycles. The average molecular weight is 213 g/mol. The molecule has 0 aliphatic rings. The molecule has 5 nitrogen and oxygen atoms in total. The number of hydrazine groups is 1. The molecule has 6 heteroatoms. The van der Waals surface area contributed by atoms with Gasteiger partial charge in [0.1, 0.15) is 17.6 Å². The van der Waals surface area contributed by atoms with Gasteiger partial charge in [0.05, 0.1) is 7.11 Å². The Hall–Kier alpha value is -1.66. The number of benzene rings is 1. The van der Waals surface area contributed by atoms with Gasteiger partial charge in [-0.15, -0.1) is 0 Å². The molecule has 0 saturated carbocycles. The van der Waals surface area contributed by atoms with Gasteiger partial charge in [-0.25, -0.2) is 10.2 Å². The number of ether oxygens (including phenoxy) is 1. The molecule has 1 aromatic carbocycles. The summed E-state index contributed by atoms with van der Waals surface area (Å²) in [7, 11) is 1.41. The van der Waals surface area contributed by atoms with Crippen LogP contribution in [0.25, 0.3) is 0 Å². The molecule has 0 heterocycles. The number of amides is 1. The maximum absolute atomic E-state index is 12.9. The van der Waals surface area contributed by atoms with Crippen molar-refractivity contribution >= 4 is 5.91 Å². The second-order valence-corrected chi connectivity index (χ2v) is 2.87. The summed E-state index contributed by atoms with van der Waals surface area (Å²) in [5.74, 6) is 4.16. The quantitative estimate of drug-likeness (QED) is 0.369. The third kappa shape index (κ3) is 2.42. The van der Waals surface area contributed by atoms with Gasteiger partial charge in [-0.1, -0.05) is 0 Å². The Bertz CT molecular complexity index is 370. The van der Waals surface area contributed by atoms with Gasteiger partial charge in [-0.2, -0.15) is 0 Å². The molecule has 0 spiro atoms. The van der Waals surface area contributed by atoms with Crippen LogP contribution in [0.1, 0.15) is 11.6 Å². The zero-order valence-electron chi connectivity index (χ0n) is 8.16. The first-order chi connectivity index (χ1) is 7.10. The minimum atomic E-state index is -1.05. The van der Waals surface area contributed by atoms with E-state index in [9.17, 15) is 9.18 Å². The molecule has 82 valence electrons. The number of hydrogen-bond acceptors (Lipinski definition) is 4. The molecule has 0 aliphatic carbocycles. The first-order valence-electron chi connectivity index (χ1n) is 4.19. The number of hydrogen-bond donors (Lipinski definition) is 3. The van der Waals surface area contributed by atoms with Crippen LogP contribution >= 0.6 is 0 Å². The summed E-state index contributed by atoms with van der Waals surface area (Å²) in [6.07, 6.45) is 0. The van der Waals surface area contributed by atoms with Crippen molar-refractivity contribution in [1.29, 1.82) is 0 Å². The highest BCUT2D eigenvalue weighted by Crippen LogP contribution is 2.24. The predicted molar refractivity (Wildman–Crippen MR) is 52.2 cm³/mol. The Morgan fingerprint density at radius 3 is 2.80 bits per heavy atom. The summed E-state index contributed by atoms with van der Waals surface area (Å²) in [5, 5.41) is 0. The first kappa shape index (κ1) is 11.4.